The van der Waals surface area contributed by atoms with Crippen LogP contribution in [0.2, 0.25) is 0 Å². The van der Waals surface area contributed by atoms with Gasteiger partial charge in [-0.2, -0.15) is 8.42 Å². The van der Waals surface area contributed by atoms with Crippen molar-refractivity contribution in [3.63, 3.8) is 0 Å². The molecular formula is C28H33N5O8S. The fourth-order valence-corrected chi connectivity index (χ4v) is 5.65. The number of carboxylic acid groups (broad SMARTS) is 1. The van der Waals surface area contributed by atoms with Gasteiger partial charge in [0.25, 0.3) is 16.0 Å². The van der Waals surface area contributed by atoms with Gasteiger partial charge in [0.1, 0.15) is 28.8 Å². The molecule has 1 aliphatic rings. The summed E-state index contributed by atoms with van der Waals surface area (Å²) >= 11 is 0. The first kappa shape index (κ1) is 30.7. The van der Waals surface area contributed by atoms with Gasteiger partial charge in [-0.15, -0.1) is 0 Å². The lowest BCUT2D eigenvalue weighted by Crippen LogP contribution is -2.44. The second kappa shape index (κ2) is 13.6. The first-order valence-electron chi connectivity index (χ1n) is 13.6. The molecule has 0 saturated carbocycles. The van der Waals surface area contributed by atoms with E-state index in [-0.39, 0.29) is 24.3 Å². The largest absolute Gasteiger partial charge is 0.487 e. The van der Waals surface area contributed by atoms with Crippen molar-refractivity contribution in [2.45, 2.75) is 68.5 Å². The van der Waals surface area contributed by atoms with Crippen LogP contribution in [0.4, 0.5) is 5.82 Å². The van der Waals surface area contributed by atoms with Crippen LogP contribution in [0.3, 0.4) is 0 Å². The third-order valence-electron chi connectivity index (χ3n) is 7.00. The average molecular weight is 600 g/mol. The number of nitrogens with one attached hydrogen (secondary N) is 1. The summed E-state index contributed by atoms with van der Waals surface area (Å²) in [4.78, 5) is 47.8. The second-order valence-electron chi connectivity index (χ2n) is 10.0. The van der Waals surface area contributed by atoms with E-state index >= 15 is 0 Å². The van der Waals surface area contributed by atoms with E-state index in [9.17, 15) is 32.5 Å². The molecule has 1 saturated heterocycles. The van der Waals surface area contributed by atoms with Crippen LogP contribution in [0, 0.1) is 0 Å². The molecule has 13 nitrogen and oxygen atoms in total. The Labute approximate surface area is 243 Å². The van der Waals surface area contributed by atoms with Crippen molar-refractivity contribution >= 4 is 33.7 Å². The number of ether oxygens (including phenoxy) is 1. The number of carbonyl (C=O) groups is 3. The van der Waals surface area contributed by atoms with Crippen molar-refractivity contribution in [2.24, 2.45) is 0 Å². The molecule has 0 radical (unpaired) electrons. The van der Waals surface area contributed by atoms with Gasteiger partial charge in [0.2, 0.25) is 5.91 Å². The molecule has 1 fully saturated rings. The highest BCUT2D eigenvalue weighted by Crippen LogP contribution is 2.29. The number of carboxylic acids is 1. The molecule has 4 rings (SSSR count). The van der Waals surface area contributed by atoms with E-state index in [0.29, 0.717) is 18.6 Å². The second-order valence-corrected chi connectivity index (χ2v) is 11.4. The van der Waals surface area contributed by atoms with E-state index < -0.39 is 51.0 Å². The number of imidazole rings is 1. The van der Waals surface area contributed by atoms with E-state index in [4.69, 9.17) is 4.74 Å². The van der Waals surface area contributed by atoms with E-state index in [1.165, 1.54) is 46.4 Å². The van der Waals surface area contributed by atoms with E-state index in [2.05, 4.69) is 22.2 Å². The molecule has 0 spiro atoms. The predicted octanol–water partition coefficient (Wildman–Crippen LogP) is 3.42. The highest BCUT2D eigenvalue weighted by atomic mass is 32.2. The number of aromatic nitrogens is 3. The molecule has 224 valence electrons. The summed E-state index contributed by atoms with van der Waals surface area (Å²) in [6.45, 7) is 2.14. The Balaban J connectivity index is 1.55. The summed E-state index contributed by atoms with van der Waals surface area (Å²) in [5.74, 6) is -1.85. The maximum Gasteiger partial charge on any atom is 0.326 e. The zero-order valence-electron chi connectivity index (χ0n) is 23.0. The van der Waals surface area contributed by atoms with Crippen LogP contribution in [-0.2, 0) is 19.7 Å². The number of aliphatic carboxylic acids is 1. The summed E-state index contributed by atoms with van der Waals surface area (Å²) in [6, 6.07) is 6.70. The number of carbonyl (C=O) groups excluding carboxylic acids is 2. The summed E-state index contributed by atoms with van der Waals surface area (Å²) in [5, 5.41) is 12.4. The summed E-state index contributed by atoms with van der Waals surface area (Å²) in [6.07, 6.45) is 9.43. The normalized spacial score (nSPS) is 17.5. The minimum Gasteiger partial charge on any atom is -0.487 e. The Morgan fingerprint density at radius 3 is 2.62 bits per heavy atom. The number of benzene rings is 1. The highest BCUT2D eigenvalue weighted by Gasteiger charge is 2.43. The fourth-order valence-electron chi connectivity index (χ4n) is 4.96. The molecule has 2 aromatic heterocycles. The lowest BCUT2D eigenvalue weighted by Gasteiger charge is -2.27. The third kappa shape index (κ3) is 7.50. The molecule has 14 heteroatoms. The van der Waals surface area contributed by atoms with Gasteiger partial charge in [-0.3, -0.25) is 19.1 Å². The molecule has 0 bridgehead atoms. The third-order valence-corrected chi connectivity index (χ3v) is 7.91. The molecule has 3 atom stereocenters. The van der Waals surface area contributed by atoms with Gasteiger partial charge < -0.3 is 24.6 Å². The highest BCUT2D eigenvalue weighted by molar-refractivity contribution is 7.86. The molecule has 42 heavy (non-hydrogen) atoms. The van der Waals surface area contributed by atoms with Crippen LogP contribution in [0.1, 0.15) is 61.8 Å². The maximum atomic E-state index is 13.9. The standard InChI is InChI=1S/C28H33N5O8S/c1-2-3-4-5-11-22(27(35)33-16-20(14-23(33)28(36)37)41-19-9-8-13-29-15-19)32-17-25(30-18-32)31-26(34)21-10-6-7-12-24(21)42(38,39)40/h6-10,12-13,15,17-18,20,22-23H,2-5,11,14,16H2,1H3,(H,31,34)(H,36,37)(H,38,39,40)/t20-,22+,23-/m0/s1. The minimum absolute atomic E-state index is 0.0468. The minimum atomic E-state index is -4.65. The number of hydrogen-bond acceptors (Lipinski definition) is 8. The number of likely N-dealkylation sites (tertiary alicyclic amines) is 1. The smallest absolute Gasteiger partial charge is 0.326 e. The lowest BCUT2D eigenvalue weighted by molar-refractivity contribution is -0.149. The first-order valence-corrected chi connectivity index (χ1v) is 15.0. The molecule has 3 heterocycles. The summed E-state index contributed by atoms with van der Waals surface area (Å²) in [7, 11) is -4.65. The zero-order chi connectivity index (χ0) is 30.3. The Morgan fingerprint density at radius 2 is 1.93 bits per heavy atom. The SMILES string of the molecule is CCCCCC[C@H](C(=O)N1C[C@@H](Oc2cccnc2)C[C@H]1C(=O)O)n1cnc(NC(=O)c2ccccc2S(=O)(=O)O)c1. The van der Waals surface area contributed by atoms with Crippen molar-refractivity contribution in [1.29, 1.82) is 0 Å². The van der Waals surface area contributed by atoms with Gasteiger partial charge in [0, 0.05) is 18.8 Å². The number of hydrogen-bond donors (Lipinski definition) is 3. The Morgan fingerprint density at radius 1 is 1.14 bits per heavy atom. The number of nitrogens with zero attached hydrogens (tertiary/aromatic N) is 4. The van der Waals surface area contributed by atoms with Crippen molar-refractivity contribution in [2.75, 3.05) is 11.9 Å². The average Bonchev–Trinajstić information content (AvgIpc) is 3.60. The van der Waals surface area contributed by atoms with Crippen LogP contribution in [0.15, 0.2) is 66.2 Å². The summed E-state index contributed by atoms with van der Waals surface area (Å²) < 4.78 is 40.3. The molecule has 3 aromatic rings. The van der Waals surface area contributed by atoms with Crippen molar-refractivity contribution in [3.05, 3.63) is 66.9 Å². The number of anilines is 1. The summed E-state index contributed by atoms with van der Waals surface area (Å²) in [5.41, 5.74) is -0.275. The number of unbranched alkanes of at least 4 members (excludes halogenated alkanes) is 3. The maximum absolute atomic E-state index is 13.9. The van der Waals surface area contributed by atoms with E-state index in [1.54, 1.807) is 18.3 Å². The van der Waals surface area contributed by atoms with Gasteiger partial charge in [-0.25, -0.2) is 9.78 Å². The monoisotopic (exact) mass is 599 g/mol. The Bertz CT molecular complexity index is 1510. The van der Waals surface area contributed by atoms with Gasteiger partial charge in [-0.1, -0.05) is 44.7 Å². The Kier molecular flexibility index (Phi) is 9.91. The van der Waals surface area contributed by atoms with Crippen molar-refractivity contribution in [1.82, 2.24) is 19.4 Å². The molecule has 2 amide bonds. The zero-order valence-corrected chi connectivity index (χ0v) is 23.8. The van der Waals surface area contributed by atoms with Crippen LogP contribution in [-0.4, -0.2) is 74.0 Å². The van der Waals surface area contributed by atoms with Crippen LogP contribution < -0.4 is 10.1 Å². The quantitative estimate of drug-likeness (QED) is 0.194. The van der Waals surface area contributed by atoms with Crippen LogP contribution in [0.5, 0.6) is 5.75 Å². The molecule has 3 N–H and O–H groups in total. The van der Waals surface area contributed by atoms with Gasteiger partial charge >= 0.3 is 5.97 Å². The topological polar surface area (TPSA) is 181 Å². The van der Waals surface area contributed by atoms with Crippen LogP contribution in [0.25, 0.3) is 0 Å². The molecular weight excluding hydrogens is 566 g/mol. The molecule has 0 unspecified atom stereocenters. The van der Waals surface area contributed by atoms with E-state index in [0.717, 1.165) is 25.3 Å². The number of amides is 2. The van der Waals surface area contributed by atoms with E-state index in [1.807, 2.05) is 0 Å². The van der Waals surface area contributed by atoms with Crippen molar-refractivity contribution in [3.8, 4) is 5.75 Å². The Hall–Kier alpha value is -4.30. The number of rotatable bonds is 13. The number of pyridine rings is 1. The first-order chi connectivity index (χ1) is 20.1. The van der Waals surface area contributed by atoms with Gasteiger partial charge in [-0.05, 0) is 30.7 Å². The van der Waals surface area contributed by atoms with Gasteiger partial charge in [0.15, 0.2) is 5.82 Å². The molecule has 1 aromatic carbocycles. The van der Waals surface area contributed by atoms with Crippen molar-refractivity contribution < 1.29 is 37.2 Å². The lowest BCUT2D eigenvalue weighted by atomic mass is 10.1. The van der Waals surface area contributed by atoms with Gasteiger partial charge in [0.05, 0.1) is 24.6 Å². The predicted molar refractivity (Wildman–Crippen MR) is 151 cm³/mol. The van der Waals surface area contributed by atoms with Crippen LogP contribution >= 0.6 is 0 Å². The fraction of sp³-hybridized carbons (Fsp3) is 0.393. The molecule has 0 aliphatic carbocycles. The molecule has 1 aliphatic heterocycles.